The maximum atomic E-state index is 5.85. The largest absolute Gasteiger partial charge is 0.421 e. The molecule has 2 aliphatic heterocycles. The monoisotopic (exact) mass is 1490 g/mol. The molecule has 0 fully saturated rings. The van der Waals surface area contributed by atoms with Crippen LogP contribution in [0.15, 0.2) is 218 Å². The van der Waals surface area contributed by atoms with Crippen LogP contribution < -0.4 is 41.5 Å². The Balaban J connectivity index is 0.000000306. The zero-order valence-corrected chi connectivity index (χ0v) is 76.5. The molecule has 0 bridgehead atoms. The van der Waals surface area contributed by atoms with Crippen LogP contribution in [0.3, 0.4) is 0 Å². The van der Waals surface area contributed by atoms with Gasteiger partial charge in [-0.05, 0) is 161 Å². The second-order valence-electron chi connectivity index (χ2n) is 32.9. The Bertz CT molecular complexity index is 3200. The number of hydrogen-bond acceptors (Lipinski definition) is 6. The zero-order valence-electron chi connectivity index (χ0n) is 68.5. The van der Waals surface area contributed by atoms with Gasteiger partial charge in [0, 0.05) is 42.7 Å². The Morgan fingerprint density at radius 1 is 0.250 bits per heavy atom. The molecule has 14 heteroatoms. The van der Waals surface area contributed by atoms with Crippen molar-refractivity contribution in [2.24, 2.45) is 0 Å². The summed E-state index contributed by atoms with van der Waals surface area (Å²) in [6.45, 7) is 59.6. The van der Waals surface area contributed by atoms with E-state index in [0.717, 1.165) is 22.2 Å². The Hall–Kier alpha value is -4.74. The fraction of sp³-hybridized carbons (Fsp3) is 0.442. The molecule has 100 heavy (non-hydrogen) atoms. The third kappa shape index (κ3) is 22.6. The predicted molar refractivity (Wildman–Crippen MR) is 465 cm³/mol. The molecule has 2 aliphatic rings. The van der Waals surface area contributed by atoms with Gasteiger partial charge in [-0.2, -0.15) is 0 Å². The summed E-state index contributed by atoms with van der Waals surface area (Å²) in [5, 5.41) is 12.4. The van der Waals surface area contributed by atoms with Gasteiger partial charge in [0.1, 0.15) is 16.1 Å². The molecular weight excluding hydrogens is 1350 g/mol. The van der Waals surface area contributed by atoms with Crippen molar-refractivity contribution in [3.05, 3.63) is 218 Å². The van der Waals surface area contributed by atoms with Crippen molar-refractivity contribution < 1.29 is 26.6 Å². The first-order valence-electron chi connectivity index (χ1n) is 36.4. The lowest BCUT2D eigenvalue weighted by molar-refractivity contribution is 0.378. The van der Waals surface area contributed by atoms with Crippen LogP contribution in [0.5, 0.6) is 0 Å². The molecule has 0 unspecified atom stereocenters. The van der Waals surface area contributed by atoms with Crippen LogP contribution in [0.4, 0.5) is 0 Å². The highest BCUT2D eigenvalue weighted by Crippen LogP contribution is 2.44. The topological polar surface area (TPSA) is 55.4 Å². The molecular formula is C86H136O6Si8. The molecule has 0 radical (unpaired) electrons. The predicted octanol–water partition coefficient (Wildman–Crippen LogP) is 20.4. The molecule has 6 nitrogen and oxygen atoms in total. The number of fused-ring (bicyclic) bond motifs is 6. The highest BCUT2D eigenvalue weighted by molar-refractivity contribution is 7.07. The van der Waals surface area contributed by atoms with Gasteiger partial charge in [-0.25, -0.2) is 0 Å². The number of rotatable bonds is 14. The van der Waals surface area contributed by atoms with Crippen LogP contribution in [0.25, 0.3) is 22.3 Å². The first-order valence-corrected chi connectivity index (χ1v) is 58.2. The Labute approximate surface area is 620 Å². The van der Waals surface area contributed by atoms with Crippen molar-refractivity contribution in [2.45, 2.75) is 208 Å². The lowest BCUT2D eigenvalue weighted by atomic mass is 10.1. The summed E-state index contributed by atoms with van der Waals surface area (Å²) in [5.74, 6) is 0. The SMILES string of the molecule is CC(C)(C)[Si]1(C)c2ccccc2-c2ccccc21.CC(C)(C)[Si]1(C)c2ccccc2-c2ccccc21.CO[Si](C)(C(C)C)C(C)C.CO[Si](C)(C(C)C)C(C)C.CO[Si](C)(C)C.CO[Si](C)(C)C.CO[Si](C)(c1ccccc1)c1ccccc1.CO[Si](C)(c1ccccc1)c1ccccc1. The van der Waals surface area contributed by atoms with E-state index in [9.17, 15) is 0 Å². The van der Waals surface area contributed by atoms with Gasteiger partial charge in [0.05, 0.1) is 0 Å². The van der Waals surface area contributed by atoms with E-state index in [2.05, 4.69) is 370 Å². The maximum absolute atomic E-state index is 5.85. The molecule has 0 saturated heterocycles. The minimum absolute atomic E-state index is 0.343. The molecule has 8 aromatic rings. The van der Waals surface area contributed by atoms with Gasteiger partial charge in [0.2, 0.25) is 0 Å². The van der Waals surface area contributed by atoms with Crippen molar-refractivity contribution in [3.8, 4) is 22.3 Å². The molecule has 0 aromatic heterocycles. The van der Waals surface area contributed by atoms with E-state index in [1.807, 2.05) is 52.7 Å². The van der Waals surface area contributed by atoms with Crippen LogP contribution in [0, 0.1) is 0 Å². The second kappa shape index (κ2) is 38.8. The van der Waals surface area contributed by atoms with Gasteiger partial charge in [-0.1, -0.05) is 328 Å². The average Bonchev–Trinajstić information content (AvgIpc) is 1.56. The summed E-state index contributed by atoms with van der Waals surface area (Å²) < 4.78 is 33.0. The first kappa shape index (κ1) is 89.5. The average molecular weight is 1490 g/mol. The van der Waals surface area contributed by atoms with E-state index < -0.39 is 66.1 Å². The van der Waals surface area contributed by atoms with Crippen molar-refractivity contribution >= 4 is 108 Å². The molecule has 0 spiro atoms. The molecule has 0 atom stereocenters. The maximum Gasteiger partial charge on any atom is 0.252 e. The molecule has 0 aliphatic carbocycles. The fourth-order valence-corrected chi connectivity index (χ4v) is 30.7. The molecule has 0 saturated carbocycles. The van der Waals surface area contributed by atoms with E-state index in [0.29, 0.717) is 10.1 Å². The smallest absolute Gasteiger partial charge is 0.252 e. The van der Waals surface area contributed by atoms with Gasteiger partial charge in [0.25, 0.3) is 16.6 Å². The van der Waals surface area contributed by atoms with Crippen molar-refractivity contribution in [3.63, 3.8) is 0 Å². The summed E-state index contributed by atoms with van der Waals surface area (Å²) >= 11 is 0. The van der Waals surface area contributed by atoms with E-state index in [4.69, 9.17) is 26.6 Å². The minimum Gasteiger partial charge on any atom is -0.421 e. The lowest BCUT2D eigenvalue weighted by Crippen LogP contribution is -2.59. The third-order valence-electron chi connectivity index (χ3n) is 22.2. The first-order chi connectivity index (χ1) is 46.5. The summed E-state index contributed by atoms with van der Waals surface area (Å²) in [7, 11) is -1.36. The van der Waals surface area contributed by atoms with E-state index in [1.165, 1.54) is 43.0 Å². The fourth-order valence-electron chi connectivity index (χ4n) is 12.6. The van der Waals surface area contributed by atoms with Crippen LogP contribution in [-0.2, 0) is 26.6 Å². The van der Waals surface area contributed by atoms with E-state index in [1.54, 1.807) is 35.0 Å². The molecule has 2 heterocycles. The Morgan fingerprint density at radius 2 is 0.410 bits per heavy atom. The van der Waals surface area contributed by atoms with Crippen molar-refractivity contribution in [2.75, 3.05) is 42.7 Å². The molecule has 548 valence electrons. The number of hydrogen-bond donors (Lipinski definition) is 0. The second-order valence-corrected chi connectivity index (χ2v) is 69.2. The van der Waals surface area contributed by atoms with Gasteiger partial charge in [-0.15, -0.1) is 0 Å². The van der Waals surface area contributed by atoms with Crippen LogP contribution in [-0.4, -0.2) is 109 Å². The minimum atomic E-state index is -1.98. The van der Waals surface area contributed by atoms with Gasteiger partial charge in [0.15, 0.2) is 33.3 Å². The third-order valence-corrected chi connectivity index (χ3v) is 55.1. The van der Waals surface area contributed by atoms with Crippen LogP contribution in [0.1, 0.15) is 96.9 Å². The quantitative estimate of drug-likeness (QED) is 0.101. The van der Waals surface area contributed by atoms with Crippen LogP contribution in [0.2, 0.25) is 111 Å². The Kier molecular flexibility index (Phi) is 34.8. The van der Waals surface area contributed by atoms with Crippen molar-refractivity contribution in [1.29, 1.82) is 0 Å². The molecule has 10 rings (SSSR count). The summed E-state index contributed by atoms with van der Waals surface area (Å²) in [6, 6.07) is 78.0. The van der Waals surface area contributed by atoms with Gasteiger partial charge in [-0.3, -0.25) is 0 Å². The van der Waals surface area contributed by atoms with Gasteiger partial charge >= 0.3 is 0 Å². The van der Waals surface area contributed by atoms with Gasteiger partial charge < -0.3 is 26.6 Å². The summed E-state index contributed by atoms with van der Waals surface area (Å²) in [5.41, 5.74) is 8.76. The molecule has 0 N–H and O–H groups in total. The standard InChI is InChI=1S/2C17H20Si.2C14H16OSi.2C8H20OSi.2C4H12OSi/c2*1-17(2,3)18(4)15-11-7-5-9-13(15)14-10-6-8-12-16(14)18;2*1-15-16(2,13-9-5-3-6-10-13)14-11-7-4-8-12-14;2*1-7(2)10(6,9-5)8(3)4;2*1-5-6(2,3)4/h2*5-12H,1-4H3;2*3-12H,1-2H3;2*7-8H,1-6H3;2*1-4H3. The highest BCUT2D eigenvalue weighted by Gasteiger charge is 2.50. The van der Waals surface area contributed by atoms with Crippen LogP contribution >= 0.6 is 0 Å². The zero-order chi connectivity index (χ0) is 75.9. The summed E-state index contributed by atoms with van der Waals surface area (Å²) in [6.07, 6.45) is 0. The molecule has 8 aromatic carbocycles. The molecule has 0 amide bonds. The Morgan fingerprint density at radius 3 is 0.530 bits per heavy atom. The van der Waals surface area contributed by atoms with E-state index >= 15 is 0 Å². The van der Waals surface area contributed by atoms with Crippen molar-refractivity contribution in [1.82, 2.24) is 0 Å². The normalized spacial score (nSPS) is 13.6. The number of benzene rings is 8. The highest BCUT2D eigenvalue weighted by atomic mass is 28.4. The van der Waals surface area contributed by atoms with E-state index in [-0.39, 0.29) is 0 Å². The lowest BCUT2D eigenvalue weighted by Gasteiger charge is -2.38. The summed E-state index contributed by atoms with van der Waals surface area (Å²) in [4.78, 5) is 0.